The van der Waals surface area contributed by atoms with Crippen LogP contribution >= 0.6 is 11.3 Å². The second-order valence-electron chi connectivity index (χ2n) is 12.6. The average molecular weight is 637 g/mol. The highest BCUT2D eigenvalue weighted by atomic mass is 32.1. The Balaban J connectivity index is 1.19. The molecule has 0 radical (unpaired) electrons. The van der Waals surface area contributed by atoms with Gasteiger partial charge in [-0.2, -0.15) is 0 Å². The zero-order valence-electron chi connectivity index (χ0n) is 27.8. The molecule has 2 unspecified atom stereocenters. The summed E-state index contributed by atoms with van der Waals surface area (Å²) in [4.78, 5) is 23.4. The summed E-state index contributed by atoms with van der Waals surface area (Å²) in [6.45, 7) is 18.6. The second-order valence-corrected chi connectivity index (χ2v) is 13.5. The first-order valence-corrected chi connectivity index (χ1v) is 17.5. The molecular formula is C39H48N4O2S. The molecule has 6 nitrogen and oxygen atoms in total. The van der Waals surface area contributed by atoms with Crippen LogP contribution in [0.15, 0.2) is 90.3 Å². The summed E-state index contributed by atoms with van der Waals surface area (Å²) in [6, 6.07) is 25.5. The fraction of sp³-hybridized carbons (Fsp3) is 0.385. The van der Waals surface area contributed by atoms with Gasteiger partial charge in [0.1, 0.15) is 5.01 Å². The molecule has 2 heterocycles. The highest BCUT2D eigenvalue weighted by molar-refractivity contribution is 7.09. The first kappa shape index (κ1) is 33.4. The number of rotatable bonds is 14. The Morgan fingerprint density at radius 3 is 2.24 bits per heavy atom. The molecule has 0 saturated carbocycles. The number of nitrogens with zero attached hydrogens (tertiary/aromatic N) is 4. The van der Waals surface area contributed by atoms with Gasteiger partial charge in [0.25, 0.3) is 0 Å². The molecule has 1 aliphatic heterocycles. The van der Waals surface area contributed by atoms with Gasteiger partial charge in [-0.05, 0) is 80.1 Å². The van der Waals surface area contributed by atoms with Gasteiger partial charge in [0.15, 0.2) is 0 Å². The lowest BCUT2D eigenvalue weighted by Crippen LogP contribution is -2.45. The Hall–Kier alpha value is -3.94. The van der Waals surface area contributed by atoms with Crippen molar-refractivity contribution >= 4 is 28.7 Å². The van der Waals surface area contributed by atoms with E-state index >= 15 is 0 Å². The maximum Gasteiger partial charge on any atom is 0.335 e. The lowest BCUT2D eigenvalue weighted by Gasteiger charge is -2.35. The number of benzene rings is 3. The molecule has 0 aliphatic carbocycles. The smallest absolute Gasteiger partial charge is 0.335 e. The Labute approximate surface area is 279 Å². The first-order valence-electron chi connectivity index (χ1n) is 16.6. The van der Waals surface area contributed by atoms with Gasteiger partial charge in [-0.3, -0.25) is 4.90 Å². The van der Waals surface area contributed by atoms with Crippen LogP contribution in [0, 0.1) is 0 Å². The molecule has 1 saturated heterocycles. The third-order valence-corrected chi connectivity index (χ3v) is 10.2. The molecule has 242 valence electrons. The number of hydrogen-bond donors (Lipinski definition) is 1. The van der Waals surface area contributed by atoms with E-state index in [0.29, 0.717) is 11.5 Å². The second kappa shape index (κ2) is 15.6. The third-order valence-electron chi connectivity index (χ3n) is 9.37. The van der Waals surface area contributed by atoms with Crippen LogP contribution in [0.2, 0.25) is 0 Å². The maximum atomic E-state index is 11.2. The molecule has 5 rings (SSSR count). The van der Waals surface area contributed by atoms with Gasteiger partial charge < -0.3 is 14.9 Å². The molecule has 2 atom stereocenters. The fourth-order valence-electron chi connectivity index (χ4n) is 6.27. The van der Waals surface area contributed by atoms with Crippen molar-refractivity contribution in [2.24, 2.45) is 0 Å². The molecule has 7 heteroatoms. The van der Waals surface area contributed by atoms with E-state index < -0.39 is 5.97 Å². The lowest BCUT2D eigenvalue weighted by atomic mass is 9.92. The number of anilines is 2. The number of thiazole rings is 1. The van der Waals surface area contributed by atoms with Crippen molar-refractivity contribution in [3.05, 3.63) is 112 Å². The van der Waals surface area contributed by atoms with Crippen molar-refractivity contribution in [2.45, 2.75) is 72.0 Å². The summed E-state index contributed by atoms with van der Waals surface area (Å²) >= 11 is 1.73. The van der Waals surface area contributed by atoms with E-state index in [1.54, 1.807) is 23.5 Å². The third kappa shape index (κ3) is 8.25. The summed E-state index contributed by atoms with van der Waals surface area (Å²) in [5.74, 6) is -0.258. The number of aromatic carboxylic acids is 1. The largest absolute Gasteiger partial charge is 0.478 e. The van der Waals surface area contributed by atoms with Crippen LogP contribution in [0.1, 0.15) is 79.4 Å². The normalized spacial score (nSPS) is 15.0. The summed E-state index contributed by atoms with van der Waals surface area (Å²) in [5.41, 5.74) is 8.67. The maximum absolute atomic E-state index is 11.2. The number of hydrogen-bond acceptors (Lipinski definition) is 6. The Kier molecular flexibility index (Phi) is 11.3. The van der Waals surface area contributed by atoms with Crippen LogP contribution in [0.4, 0.5) is 11.4 Å². The molecule has 3 aromatic carbocycles. The van der Waals surface area contributed by atoms with Crippen molar-refractivity contribution < 1.29 is 9.90 Å². The van der Waals surface area contributed by atoms with Crippen molar-refractivity contribution in [3.8, 4) is 11.3 Å². The monoisotopic (exact) mass is 636 g/mol. The van der Waals surface area contributed by atoms with Crippen molar-refractivity contribution in [1.29, 1.82) is 0 Å². The zero-order valence-corrected chi connectivity index (χ0v) is 28.6. The molecule has 1 N–H and O–H groups in total. The Morgan fingerprint density at radius 2 is 1.65 bits per heavy atom. The fourth-order valence-corrected chi connectivity index (χ4v) is 7.12. The van der Waals surface area contributed by atoms with Crippen LogP contribution in [-0.4, -0.2) is 53.2 Å². The zero-order chi connectivity index (χ0) is 32.6. The molecule has 0 bridgehead atoms. The lowest BCUT2D eigenvalue weighted by molar-refractivity contribution is 0.0697. The SMILES string of the molecule is C=C(C)C(C)N(Cc1ccc(-c2csc(CN3CCN(c4ccc(C(=O)O)cc4)CC3)n2)cc1)c1ccc(C(CC)CCC)cc1. The summed E-state index contributed by atoms with van der Waals surface area (Å²) in [7, 11) is 0. The van der Waals surface area contributed by atoms with Crippen molar-refractivity contribution in [2.75, 3.05) is 36.0 Å². The minimum atomic E-state index is -0.890. The van der Waals surface area contributed by atoms with E-state index in [1.807, 2.05) is 12.1 Å². The quantitative estimate of drug-likeness (QED) is 0.139. The molecule has 4 aromatic rings. The predicted molar refractivity (Wildman–Crippen MR) is 193 cm³/mol. The van der Waals surface area contributed by atoms with E-state index in [1.165, 1.54) is 36.1 Å². The summed E-state index contributed by atoms with van der Waals surface area (Å²) < 4.78 is 0. The highest BCUT2D eigenvalue weighted by Gasteiger charge is 2.20. The first-order chi connectivity index (χ1) is 22.2. The number of carbonyl (C=O) groups is 1. The van der Waals surface area contributed by atoms with Crippen molar-refractivity contribution in [1.82, 2.24) is 9.88 Å². The van der Waals surface area contributed by atoms with Crippen LogP contribution in [-0.2, 0) is 13.1 Å². The Morgan fingerprint density at radius 1 is 0.978 bits per heavy atom. The van der Waals surface area contributed by atoms with Crippen molar-refractivity contribution in [3.63, 3.8) is 0 Å². The molecule has 46 heavy (non-hydrogen) atoms. The number of carboxylic acid groups (broad SMARTS) is 1. The van der Waals surface area contributed by atoms with Gasteiger partial charge in [0.2, 0.25) is 0 Å². The molecule has 0 amide bonds. The predicted octanol–water partition coefficient (Wildman–Crippen LogP) is 9.10. The molecule has 1 aromatic heterocycles. The molecular weight excluding hydrogens is 589 g/mol. The standard InChI is InChI=1S/C39H48N4O2S/c1-6-8-31(7-2)32-13-19-36(20-14-32)43(29(5)28(3)4)25-30-9-11-33(12-10-30)37-27-46-38(40-37)26-41-21-23-42(24-22-41)35-17-15-34(16-18-35)39(44)45/h9-20,27,29,31H,3,6-8,21-26H2,1-2,4-5H3,(H,44,45). The van der Waals surface area contributed by atoms with Gasteiger partial charge in [-0.1, -0.05) is 68.8 Å². The van der Waals surface area contributed by atoms with E-state index in [9.17, 15) is 4.79 Å². The van der Waals surface area contributed by atoms with Crippen LogP contribution in [0.3, 0.4) is 0 Å². The summed E-state index contributed by atoms with van der Waals surface area (Å²) in [5, 5.41) is 12.5. The van der Waals surface area contributed by atoms with Gasteiger partial charge in [-0.15, -0.1) is 11.3 Å². The van der Waals surface area contributed by atoms with E-state index in [2.05, 4.69) is 103 Å². The van der Waals surface area contributed by atoms with Gasteiger partial charge in [-0.25, -0.2) is 9.78 Å². The van der Waals surface area contributed by atoms with E-state index in [4.69, 9.17) is 10.1 Å². The summed E-state index contributed by atoms with van der Waals surface area (Å²) in [6.07, 6.45) is 3.63. The number of piperazine rings is 1. The topological polar surface area (TPSA) is 59.9 Å². The Bertz CT molecular complexity index is 1570. The van der Waals surface area contributed by atoms with Gasteiger partial charge >= 0.3 is 5.97 Å². The van der Waals surface area contributed by atoms with E-state index in [-0.39, 0.29) is 6.04 Å². The van der Waals surface area contributed by atoms with Crippen LogP contribution < -0.4 is 9.80 Å². The number of carboxylic acids is 1. The van der Waals surface area contributed by atoms with Gasteiger partial charge in [0, 0.05) is 61.1 Å². The van der Waals surface area contributed by atoms with E-state index in [0.717, 1.165) is 66.8 Å². The number of aromatic nitrogens is 1. The molecule has 1 fully saturated rings. The minimum Gasteiger partial charge on any atom is -0.478 e. The molecule has 0 spiro atoms. The van der Waals surface area contributed by atoms with Crippen LogP contribution in [0.5, 0.6) is 0 Å². The average Bonchev–Trinajstić information content (AvgIpc) is 3.55. The minimum absolute atomic E-state index is 0.226. The van der Waals surface area contributed by atoms with Crippen LogP contribution in [0.25, 0.3) is 11.3 Å². The molecule has 1 aliphatic rings. The highest BCUT2D eigenvalue weighted by Crippen LogP contribution is 2.30. The van der Waals surface area contributed by atoms with Gasteiger partial charge in [0.05, 0.1) is 17.8 Å².